The van der Waals surface area contributed by atoms with E-state index in [2.05, 4.69) is 15.3 Å². The van der Waals surface area contributed by atoms with Crippen molar-refractivity contribution in [3.63, 3.8) is 0 Å². The SMILES string of the molecule is Cc1ccc(-c2csc(NC(=O)Cc3c(C)[nH]c4ccc(F)cc34)n2)cc1[N+](=O)[O-]. The number of thiazole rings is 1. The molecule has 0 bridgehead atoms. The number of nitrogens with zero attached hydrogens (tertiary/aromatic N) is 2. The second-order valence-corrected chi connectivity index (χ2v) is 7.80. The molecule has 0 aliphatic rings. The van der Waals surface area contributed by atoms with Crippen LogP contribution in [-0.2, 0) is 11.2 Å². The van der Waals surface area contributed by atoms with Crippen molar-refractivity contribution in [3.8, 4) is 11.3 Å². The van der Waals surface area contributed by atoms with Gasteiger partial charge in [0.2, 0.25) is 5.91 Å². The first-order chi connectivity index (χ1) is 14.3. The van der Waals surface area contributed by atoms with Gasteiger partial charge in [-0.1, -0.05) is 12.1 Å². The lowest BCUT2D eigenvalue weighted by atomic mass is 10.1. The lowest BCUT2D eigenvalue weighted by molar-refractivity contribution is -0.385. The van der Waals surface area contributed by atoms with Crippen molar-refractivity contribution in [3.05, 3.63) is 74.5 Å². The monoisotopic (exact) mass is 424 g/mol. The molecule has 1 amide bonds. The Balaban J connectivity index is 1.53. The fourth-order valence-corrected chi connectivity index (χ4v) is 4.07. The maximum absolute atomic E-state index is 13.6. The number of H-pyrrole nitrogens is 1. The number of anilines is 1. The molecular formula is C21H17FN4O3S. The number of nitro groups is 1. The number of nitro benzene ring substituents is 1. The lowest BCUT2D eigenvalue weighted by Gasteiger charge is -2.03. The van der Waals surface area contributed by atoms with E-state index in [0.717, 1.165) is 16.8 Å². The molecule has 0 atom stereocenters. The van der Waals surface area contributed by atoms with Crippen LogP contribution in [0.3, 0.4) is 0 Å². The Hall–Kier alpha value is -3.59. The first kappa shape index (κ1) is 19.7. The maximum Gasteiger partial charge on any atom is 0.272 e. The first-order valence-electron chi connectivity index (χ1n) is 9.09. The minimum atomic E-state index is -0.430. The third-order valence-corrected chi connectivity index (χ3v) is 5.63. The standard InChI is InChI=1S/C21H17FN4O3S/c1-11-3-4-13(7-19(11)26(28)29)18-10-30-21(24-18)25-20(27)9-15-12(2)23-17-6-5-14(22)8-16(15)17/h3-8,10,23H,9H2,1-2H3,(H,24,25,27). The predicted octanol–water partition coefficient (Wildman–Crippen LogP) is 5.14. The van der Waals surface area contributed by atoms with Gasteiger partial charge in [0, 0.05) is 39.2 Å². The second-order valence-electron chi connectivity index (χ2n) is 6.94. The average Bonchev–Trinajstić information content (AvgIpc) is 3.27. The van der Waals surface area contributed by atoms with E-state index in [1.165, 1.54) is 29.5 Å². The Morgan fingerprint density at radius 3 is 2.83 bits per heavy atom. The fraction of sp³-hybridized carbons (Fsp3) is 0.143. The molecule has 0 saturated heterocycles. The molecule has 0 saturated carbocycles. The molecular weight excluding hydrogens is 407 g/mol. The highest BCUT2D eigenvalue weighted by atomic mass is 32.1. The Morgan fingerprint density at radius 2 is 2.07 bits per heavy atom. The zero-order valence-electron chi connectivity index (χ0n) is 16.2. The van der Waals surface area contributed by atoms with E-state index in [4.69, 9.17) is 0 Å². The van der Waals surface area contributed by atoms with Gasteiger partial charge in [0.25, 0.3) is 5.69 Å². The smallest absolute Gasteiger partial charge is 0.272 e. The van der Waals surface area contributed by atoms with Crippen LogP contribution < -0.4 is 5.32 Å². The maximum atomic E-state index is 13.6. The number of aryl methyl sites for hydroxylation is 2. The largest absolute Gasteiger partial charge is 0.358 e. The average molecular weight is 424 g/mol. The van der Waals surface area contributed by atoms with E-state index in [0.29, 0.717) is 27.3 Å². The highest BCUT2D eigenvalue weighted by Gasteiger charge is 2.16. The van der Waals surface area contributed by atoms with E-state index in [-0.39, 0.29) is 23.8 Å². The van der Waals surface area contributed by atoms with Crippen molar-refractivity contribution in [2.75, 3.05) is 5.32 Å². The van der Waals surface area contributed by atoms with Gasteiger partial charge in [-0.25, -0.2) is 9.37 Å². The number of aromatic nitrogens is 2. The first-order valence-corrected chi connectivity index (χ1v) is 9.97. The molecule has 152 valence electrons. The zero-order chi connectivity index (χ0) is 21.4. The Labute approximate surface area is 174 Å². The number of rotatable bonds is 5. The molecule has 2 heterocycles. The number of amides is 1. The van der Waals surface area contributed by atoms with Gasteiger partial charge in [-0.2, -0.15) is 0 Å². The summed E-state index contributed by atoms with van der Waals surface area (Å²) in [6, 6.07) is 9.32. The summed E-state index contributed by atoms with van der Waals surface area (Å²) in [5.41, 5.74) is 4.04. The van der Waals surface area contributed by atoms with Gasteiger partial charge in [0.05, 0.1) is 17.0 Å². The number of halogens is 1. The summed E-state index contributed by atoms with van der Waals surface area (Å²) in [6.07, 6.45) is 0.0696. The minimum absolute atomic E-state index is 0.0214. The molecule has 7 nitrogen and oxygen atoms in total. The molecule has 2 aromatic carbocycles. The Kier molecular flexibility index (Phi) is 5.04. The Morgan fingerprint density at radius 1 is 1.27 bits per heavy atom. The highest BCUT2D eigenvalue weighted by Crippen LogP contribution is 2.30. The third kappa shape index (κ3) is 3.79. The van der Waals surface area contributed by atoms with Gasteiger partial charge in [-0.05, 0) is 37.6 Å². The van der Waals surface area contributed by atoms with Gasteiger partial charge in [0.15, 0.2) is 5.13 Å². The summed E-state index contributed by atoms with van der Waals surface area (Å²) in [7, 11) is 0. The van der Waals surface area contributed by atoms with Crippen LogP contribution in [0.25, 0.3) is 22.2 Å². The molecule has 4 rings (SSSR count). The number of benzene rings is 2. The molecule has 0 radical (unpaired) electrons. The normalized spacial score (nSPS) is 11.0. The van der Waals surface area contributed by atoms with Crippen molar-refractivity contribution in [1.29, 1.82) is 0 Å². The van der Waals surface area contributed by atoms with Gasteiger partial charge in [0.1, 0.15) is 5.82 Å². The zero-order valence-corrected chi connectivity index (χ0v) is 17.0. The molecule has 2 aromatic heterocycles. The highest BCUT2D eigenvalue weighted by molar-refractivity contribution is 7.14. The summed E-state index contributed by atoms with van der Waals surface area (Å²) in [5.74, 6) is -0.640. The van der Waals surface area contributed by atoms with Gasteiger partial charge < -0.3 is 10.3 Å². The third-order valence-electron chi connectivity index (χ3n) is 4.87. The molecule has 30 heavy (non-hydrogen) atoms. The van der Waals surface area contributed by atoms with Crippen LogP contribution in [0.15, 0.2) is 41.8 Å². The van der Waals surface area contributed by atoms with Crippen LogP contribution in [0, 0.1) is 29.8 Å². The van der Waals surface area contributed by atoms with Crippen molar-refractivity contribution >= 4 is 39.0 Å². The van der Waals surface area contributed by atoms with Gasteiger partial charge in [-0.15, -0.1) is 11.3 Å². The van der Waals surface area contributed by atoms with Gasteiger partial charge >= 0.3 is 0 Å². The van der Waals surface area contributed by atoms with Crippen LogP contribution in [0.4, 0.5) is 15.2 Å². The van der Waals surface area contributed by atoms with Crippen LogP contribution in [0.5, 0.6) is 0 Å². The predicted molar refractivity (Wildman–Crippen MR) is 114 cm³/mol. The van der Waals surface area contributed by atoms with Crippen LogP contribution in [0.1, 0.15) is 16.8 Å². The van der Waals surface area contributed by atoms with E-state index >= 15 is 0 Å². The summed E-state index contributed by atoms with van der Waals surface area (Å²) >= 11 is 1.23. The van der Waals surface area contributed by atoms with Crippen molar-refractivity contribution in [2.24, 2.45) is 0 Å². The van der Waals surface area contributed by atoms with Crippen molar-refractivity contribution in [2.45, 2.75) is 20.3 Å². The van der Waals surface area contributed by atoms with Crippen molar-refractivity contribution in [1.82, 2.24) is 9.97 Å². The lowest BCUT2D eigenvalue weighted by Crippen LogP contribution is -2.14. The second kappa shape index (κ2) is 7.68. The topological polar surface area (TPSA) is 101 Å². The summed E-state index contributed by atoms with van der Waals surface area (Å²) in [4.78, 5) is 30.8. The van der Waals surface area contributed by atoms with Crippen LogP contribution in [-0.4, -0.2) is 20.8 Å². The quantitative estimate of drug-likeness (QED) is 0.342. The molecule has 0 spiro atoms. The van der Waals surface area contributed by atoms with E-state index in [1.807, 2.05) is 6.92 Å². The van der Waals surface area contributed by atoms with Crippen molar-refractivity contribution < 1.29 is 14.1 Å². The number of hydrogen-bond acceptors (Lipinski definition) is 5. The van der Waals surface area contributed by atoms with Gasteiger partial charge in [-0.3, -0.25) is 14.9 Å². The molecule has 0 aliphatic heterocycles. The Bertz CT molecular complexity index is 1290. The molecule has 0 aliphatic carbocycles. The number of carbonyl (C=O) groups excluding carboxylic acids is 1. The fourth-order valence-electron chi connectivity index (χ4n) is 3.34. The molecule has 0 fully saturated rings. The number of aromatic amines is 1. The van der Waals surface area contributed by atoms with E-state index < -0.39 is 4.92 Å². The minimum Gasteiger partial charge on any atom is -0.358 e. The summed E-state index contributed by atoms with van der Waals surface area (Å²) in [6.45, 7) is 3.51. The number of carbonyl (C=O) groups is 1. The summed E-state index contributed by atoms with van der Waals surface area (Å²) < 4.78 is 13.6. The van der Waals surface area contributed by atoms with Crippen LogP contribution >= 0.6 is 11.3 Å². The molecule has 2 N–H and O–H groups in total. The number of hydrogen-bond donors (Lipinski definition) is 2. The molecule has 0 unspecified atom stereocenters. The van der Waals surface area contributed by atoms with Crippen LogP contribution in [0.2, 0.25) is 0 Å². The summed E-state index contributed by atoms with van der Waals surface area (Å²) in [5, 5.41) is 16.7. The number of fused-ring (bicyclic) bond motifs is 1. The van der Waals surface area contributed by atoms with E-state index in [9.17, 15) is 19.3 Å². The number of nitrogens with one attached hydrogen (secondary N) is 2. The molecule has 4 aromatic rings. The molecule has 9 heteroatoms. The van der Waals surface area contributed by atoms with E-state index in [1.54, 1.807) is 30.5 Å².